The van der Waals surface area contributed by atoms with Crippen LogP contribution in [0.4, 0.5) is 0 Å². The van der Waals surface area contributed by atoms with E-state index in [4.69, 9.17) is 0 Å². The van der Waals surface area contributed by atoms with Crippen LogP contribution in [-0.4, -0.2) is 29.6 Å². The van der Waals surface area contributed by atoms with Crippen LogP contribution in [0, 0.1) is 26.7 Å². The first-order valence-corrected chi connectivity index (χ1v) is 8.41. The Morgan fingerprint density at radius 2 is 1.76 bits per heavy atom. The molecule has 1 aliphatic carbocycles. The lowest BCUT2D eigenvalue weighted by Crippen LogP contribution is -2.61. The van der Waals surface area contributed by atoms with Gasteiger partial charge >= 0.3 is 0 Å². The average molecular weight is 286 g/mol. The smallest absolute Gasteiger partial charge is 0.0253 e. The van der Waals surface area contributed by atoms with Gasteiger partial charge in [0.05, 0.1) is 0 Å². The first kappa shape index (κ1) is 15.1. The van der Waals surface area contributed by atoms with Gasteiger partial charge in [-0.15, -0.1) is 0 Å². The van der Waals surface area contributed by atoms with Gasteiger partial charge in [-0.1, -0.05) is 17.7 Å². The molecular weight excluding hydrogens is 256 g/mol. The van der Waals surface area contributed by atoms with E-state index in [0.717, 1.165) is 31.6 Å². The van der Waals surface area contributed by atoms with Gasteiger partial charge in [0, 0.05) is 31.2 Å². The second-order valence-corrected chi connectivity index (χ2v) is 7.95. The predicted octanol–water partition coefficient (Wildman–Crippen LogP) is 3.57. The van der Waals surface area contributed by atoms with Crippen LogP contribution in [0.5, 0.6) is 0 Å². The van der Waals surface area contributed by atoms with Gasteiger partial charge in [-0.3, -0.25) is 4.90 Å². The van der Waals surface area contributed by atoms with Crippen molar-refractivity contribution in [3.05, 3.63) is 34.4 Å². The van der Waals surface area contributed by atoms with Crippen LogP contribution >= 0.6 is 0 Å². The minimum absolute atomic E-state index is 0.234. The summed E-state index contributed by atoms with van der Waals surface area (Å²) in [7, 11) is 0. The molecule has 1 saturated carbocycles. The van der Waals surface area contributed by atoms with Crippen molar-refractivity contribution in [2.45, 2.75) is 65.6 Å². The Morgan fingerprint density at radius 1 is 1.14 bits per heavy atom. The van der Waals surface area contributed by atoms with Crippen molar-refractivity contribution < 1.29 is 0 Å². The summed E-state index contributed by atoms with van der Waals surface area (Å²) in [6.45, 7) is 14.8. The van der Waals surface area contributed by atoms with Crippen LogP contribution in [0.3, 0.4) is 0 Å². The molecule has 0 amide bonds. The quantitative estimate of drug-likeness (QED) is 0.914. The fourth-order valence-electron chi connectivity index (χ4n) is 3.97. The minimum Gasteiger partial charge on any atom is -0.309 e. The molecule has 1 aromatic rings. The molecule has 2 heteroatoms. The maximum Gasteiger partial charge on any atom is 0.0253 e. The fourth-order valence-corrected chi connectivity index (χ4v) is 3.97. The second-order valence-electron chi connectivity index (χ2n) is 7.95. The van der Waals surface area contributed by atoms with Gasteiger partial charge in [-0.25, -0.2) is 0 Å². The van der Waals surface area contributed by atoms with Gasteiger partial charge in [0.2, 0.25) is 0 Å². The highest BCUT2D eigenvalue weighted by molar-refractivity contribution is 5.37. The maximum absolute atomic E-state index is 3.74. The van der Waals surface area contributed by atoms with Gasteiger partial charge in [-0.05, 0) is 70.1 Å². The Balaban J connectivity index is 1.83. The van der Waals surface area contributed by atoms with Crippen molar-refractivity contribution >= 4 is 0 Å². The van der Waals surface area contributed by atoms with E-state index in [-0.39, 0.29) is 5.54 Å². The van der Waals surface area contributed by atoms with Gasteiger partial charge in [-0.2, -0.15) is 0 Å². The molecule has 1 atom stereocenters. The molecule has 1 unspecified atom stereocenters. The minimum atomic E-state index is 0.234. The van der Waals surface area contributed by atoms with Crippen molar-refractivity contribution in [2.24, 2.45) is 5.92 Å². The van der Waals surface area contributed by atoms with E-state index in [1.54, 1.807) is 5.56 Å². The fraction of sp³-hybridized carbons (Fsp3) is 0.684. The molecule has 2 fully saturated rings. The van der Waals surface area contributed by atoms with Crippen molar-refractivity contribution in [1.82, 2.24) is 10.2 Å². The number of benzene rings is 1. The molecule has 1 saturated heterocycles. The lowest BCUT2D eigenvalue weighted by molar-refractivity contribution is 0.0756. The standard InChI is InChI=1S/C19H30N2/c1-13-8-14(2)17(15(3)9-13)11-21-12-19(4,5)20-10-18(21)16-6-7-16/h8-9,16,18,20H,6-7,10-12H2,1-5H3. The molecule has 3 rings (SSSR count). The highest BCUT2D eigenvalue weighted by Gasteiger charge is 2.40. The van der Waals surface area contributed by atoms with Gasteiger partial charge in [0.1, 0.15) is 0 Å². The molecular formula is C19H30N2. The summed E-state index contributed by atoms with van der Waals surface area (Å²) in [5, 5.41) is 3.74. The van der Waals surface area contributed by atoms with Crippen molar-refractivity contribution in [1.29, 1.82) is 0 Å². The van der Waals surface area contributed by atoms with Crippen molar-refractivity contribution in [3.63, 3.8) is 0 Å². The summed E-state index contributed by atoms with van der Waals surface area (Å²) < 4.78 is 0. The molecule has 1 aromatic carbocycles. The number of nitrogens with zero attached hydrogens (tertiary/aromatic N) is 1. The first-order valence-electron chi connectivity index (χ1n) is 8.41. The van der Waals surface area contributed by atoms with Gasteiger partial charge in [0.25, 0.3) is 0 Å². The number of nitrogens with one attached hydrogen (secondary N) is 1. The first-order chi connectivity index (χ1) is 9.85. The summed E-state index contributed by atoms with van der Waals surface area (Å²) in [4.78, 5) is 2.75. The molecule has 0 radical (unpaired) electrons. The summed E-state index contributed by atoms with van der Waals surface area (Å²) in [6.07, 6.45) is 2.85. The third kappa shape index (κ3) is 3.32. The molecule has 1 heterocycles. The Labute approximate surface area is 129 Å². The summed E-state index contributed by atoms with van der Waals surface area (Å²) in [5.41, 5.74) is 6.08. The molecule has 0 spiro atoms. The van der Waals surface area contributed by atoms with E-state index in [9.17, 15) is 0 Å². The molecule has 116 valence electrons. The summed E-state index contributed by atoms with van der Waals surface area (Å²) in [6, 6.07) is 5.40. The second kappa shape index (κ2) is 5.40. The highest BCUT2D eigenvalue weighted by atomic mass is 15.3. The Bertz CT molecular complexity index is 505. The molecule has 0 aromatic heterocycles. The topological polar surface area (TPSA) is 15.3 Å². The van der Waals surface area contributed by atoms with E-state index in [0.29, 0.717) is 0 Å². The van der Waals surface area contributed by atoms with E-state index < -0.39 is 0 Å². The molecule has 1 aliphatic heterocycles. The van der Waals surface area contributed by atoms with Gasteiger partial charge in [0.15, 0.2) is 0 Å². The van der Waals surface area contributed by atoms with Crippen LogP contribution in [0.25, 0.3) is 0 Å². The Kier molecular flexibility index (Phi) is 3.87. The largest absolute Gasteiger partial charge is 0.309 e. The number of aryl methyl sites for hydroxylation is 3. The van der Waals surface area contributed by atoms with Crippen LogP contribution < -0.4 is 5.32 Å². The lowest BCUT2D eigenvalue weighted by Gasteiger charge is -2.45. The van der Waals surface area contributed by atoms with E-state index in [1.807, 2.05) is 0 Å². The van der Waals surface area contributed by atoms with Crippen LogP contribution in [-0.2, 0) is 6.54 Å². The van der Waals surface area contributed by atoms with Crippen molar-refractivity contribution in [3.8, 4) is 0 Å². The third-order valence-corrected chi connectivity index (χ3v) is 5.22. The van der Waals surface area contributed by atoms with E-state index in [2.05, 4.69) is 57.0 Å². The summed E-state index contributed by atoms with van der Waals surface area (Å²) in [5.74, 6) is 0.930. The molecule has 1 N–H and O–H groups in total. The zero-order valence-corrected chi connectivity index (χ0v) is 14.3. The maximum atomic E-state index is 3.74. The van der Waals surface area contributed by atoms with Gasteiger partial charge < -0.3 is 5.32 Å². The number of rotatable bonds is 3. The molecule has 0 bridgehead atoms. The Hall–Kier alpha value is -0.860. The number of hydrogen-bond donors (Lipinski definition) is 1. The van der Waals surface area contributed by atoms with Crippen LogP contribution in [0.15, 0.2) is 12.1 Å². The normalized spacial score (nSPS) is 26.0. The third-order valence-electron chi connectivity index (χ3n) is 5.22. The average Bonchev–Trinajstić information content (AvgIpc) is 3.17. The highest BCUT2D eigenvalue weighted by Crippen LogP contribution is 2.38. The number of piperazine rings is 1. The SMILES string of the molecule is Cc1cc(C)c(CN2CC(C)(C)NCC2C2CC2)c(C)c1. The van der Waals surface area contributed by atoms with Crippen LogP contribution in [0.1, 0.15) is 48.9 Å². The zero-order chi connectivity index (χ0) is 15.2. The molecule has 2 aliphatic rings. The lowest BCUT2D eigenvalue weighted by atomic mass is 9.93. The molecule has 2 nitrogen and oxygen atoms in total. The van der Waals surface area contributed by atoms with Crippen LogP contribution in [0.2, 0.25) is 0 Å². The Morgan fingerprint density at radius 3 is 2.33 bits per heavy atom. The number of hydrogen-bond acceptors (Lipinski definition) is 2. The summed E-state index contributed by atoms with van der Waals surface area (Å²) >= 11 is 0. The van der Waals surface area contributed by atoms with E-state index in [1.165, 1.54) is 29.5 Å². The zero-order valence-electron chi connectivity index (χ0n) is 14.3. The van der Waals surface area contributed by atoms with E-state index >= 15 is 0 Å². The van der Waals surface area contributed by atoms with Crippen molar-refractivity contribution in [2.75, 3.05) is 13.1 Å². The monoisotopic (exact) mass is 286 g/mol. The molecule has 21 heavy (non-hydrogen) atoms. The predicted molar refractivity (Wildman–Crippen MR) is 89.7 cm³/mol.